The maximum absolute atomic E-state index is 5.32. The third kappa shape index (κ3) is 2.96. The maximum atomic E-state index is 5.32. The molecular formula is C15H18N4OS. The van der Waals surface area contributed by atoms with E-state index in [2.05, 4.69) is 33.0 Å². The lowest BCUT2D eigenvalue weighted by molar-refractivity contribution is 0.202. The minimum Gasteiger partial charge on any atom is -0.338 e. The van der Waals surface area contributed by atoms with Crippen molar-refractivity contribution in [2.24, 2.45) is 0 Å². The zero-order chi connectivity index (χ0) is 14.8. The summed E-state index contributed by atoms with van der Waals surface area (Å²) in [7, 11) is 2.05. The van der Waals surface area contributed by atoms with Crippen molar-refractivity contribution in [1.82, 2.24) is 20.0 Å². The molecule has 5 nitrogen and oxygen atoms in total. The van der Waals surface area contributed by atoms with E-state index in [4.69, 9.17) is 4.52 Å². The van der Waals surface area contributed by atoms with Gasteiger partial charge in [0, 0.05) is 6.42 Å². The average Bonchev–Trinajstić information content (AvgIpc) is 3.12. The molecule has 110 valence electrons. The molecular weight excluding hydrogens is 284 g/mol. The van der Waals surface area contributed by atoms with Crippen molar-refractivity contribution < 1.29 is 4.52 Å². The number of aryl methyl sites for hydroxylation is 1. The number of rotatable bonds is 5. The lowest BCUT2D eigenvalue weighted by atomic mass is 10.3. The third-order valence-corrected chi connectivity index (χ3v) is 4.56. The molecule has 0 aliphatic heterocycles. The highest BCUT2D eigenvalue weighted by Gasteiger charge is 2.19. The summed E-state index contributed by atoms with van der Waals surface area (Å²) in [6, 6.07) is 8.28. The lowest BCUT2D eigenvalue weighted by Gasteiger charge is -2.19. The van der Waals surface area contributed by atoms with Crippen molar-refractivity contribution in [3.05, 3.63) is 41.0 Å². The molecule has 0 aliphatic carbocycles. The summed E-state index contributed by atoms with van der Waals surface area (Å²) in [4.78, 5) is 11.2. The highest BCUT2D eigenvalue weighted by molar-refractivity contribution is 7.18. The Morgan fingerprint density at radius 2 is 2.10 bits per heavy atom. The molecule has 0 saturated carbocycles. The van der Waals surface area contributed by atoms with Gasteiger partial charge in [0.1, 0.15) is 5.01 Å². The Morgan fingerprint density at radius 3 is 2.81 bits per heavy atom. The summed E-state index contributed by atoms with van der Waals surface area (Å²) in [5.41, 5.74) is 1.06. The topological polar surface area (TPSA) is 55.1 Å². The molecule has 0 saturated heterocycles. The first-order chi connectivity index (χ1) is 10.2. The van der Waals surface area contributed by atoms with E-state index in [0.29, 0.717) is 5.89 Å². The van der Waals surface area contributed by atoms with Crippen LogP contribution in [0.4, 0.5) is 0 Å². The molecule has 2 aromatic heterocycles. The summed E-state index contributed by atoms with van der Waals surface area (Å²) in [6.07, 6.45) is 0.789. The van der Waals surface area contributed by atoms with E-state index in [9.17, 15) is 0 Å². The Morgan fingerprint density at radius 1 is 1.29 bits per heavy atom. The van der Waals surface area contributed by atoms with Crippen LogP contribution in [0.3, 0.4) is 0 Å². The van der Waals surface area contributed by atoms with Gasteiger partial charge in [-0.15, -0.1) is 11.3 Å². The molecule has 0 aliphatic rings. The average molecular weight is 302 g/mol. The van der Waals surface area contributed by atoms with Crippen LogP contribution >= 0.6 is 11.3 Å². The molecule has 0 fully saturated rings. The fourth-order valence-corrected chi connectivity index (χ4v) is 3.14. The molecule has 0 bridgehead atoms. The SMILES string of the molecule is CCc1noc(C(C)N(C)Cc2nc3ccccc3s2)n1. The Bertz CT molecular complexity index is 703. The smallest absolute Gasteiger partial charge is 0.243 e. The van der Waals surface area contributed by atoms with Gasteiger partial charge in [0.2, 0.25) is 5.89 Å². The van der Waals surface area contributed by atoms with Crippen molar-refractivity contribution in [3.63, 3.8) is 0 Å². The first kappa shape index (κ1) is 14.2. The van der Waals surface area contributed by atoms with Crippen molar-refractivity contribution in [3.8, 4) is 0 Å². The minimum atomic E-state index is 0.0739. The second-order valence-electron chi connectivity index (χ2n) is 5.07. The van der Waals surface area contributed by atoms with E-state index in [1.54, 1.807) is 11.3 Å². The maximum Gasteiger partial charge on any atom is 0.243 e. The number of aromatic nitrogens is 3. The zero-order valence-electron chi connectivity index (χ0n) is 12.4. The molecule has 1 aromatic carbocycles. The van der Waals surface area contributed by atoms with Gasteiger partial charge < -0.3 is 4.52 Å². The molecule has 0 spiro atoms. The predicted molar refractivity (Wildman–Crippen MR) is 83.2 cm³/mol. The first-order valence-electron chi connectivity index (χ1n) is 7.04. The van der Waals surface area contributed by atoms with E-state index >= 15 is 0 Å². The van der Waals surface area contributed by atoms with Gasteiger partial charge in [0.15, 0.2) is 5.82 Å². The van der Waals surface area contributed by atoms with Gasteiger partial charge in [-0.25, -0.2) is 4.98 Å². The molecule has 0 radical (unpaired) electrons. The number of fused-ring (bicyclic) bond motifs is 1. The largest absolute Gasteiger partial charge is 0.338 e. The summed E-state index contributed by atoms with van der Waals surface area (Å²) in [5, 5.41) is 5.05. The highest BCUT2D eigenvalue weighted by Crippen LogP contribution is 2.25. The monoisotopic (exact) mass is 302 g/mol. The van der Waals surface area contributed by atoms with Crippen molar-refractivity contribution >= 4 is 21.6 Å². The number of hydrogen-bond donors (Lipinski definition) is 0. The molecule has 1 atom stereocenters. The van der Waals surface area contributed by atoms with Crippen LogP contribution in [0.2, 0.25) is 0 Å². The van der Waals surface area contributed by atoms with Crippen LogP contribution in [-0.2, 0) is 13.0 Å². The lowest BCUT2D eigenvalue weighted by Crippen LogP contribution is -2.22. The molecule has 0 N–H and O–H groups in total. The summed E-state index contributed by atoms with van der Waals surface area (Å²) in [5.74, 6) is 1.42. The molecule has 3 aromatic rings. The molecule has 21 heavy (non-hydrogen) atoms. The van der Waals surface area contributed by atoms with E-state index < -0.39 is 0 Å². The first-order valence-corrected chi connectivity index (χ1v) is 7.86. The fraction of sp³-hybridized carbons (Fsp3) is 0.400. The van der Waals surface area contributed by atoms with Crippen molar-refractivity contribution in [2.45, 2.75) is 32.9 Å². The van der Waals surface area contributed by atoms with Crippen molar-refractivity contribution in [2.75, 3.05) is 7.05 Å². The van der Waals surface area contributed by atoms with Gasteiger partial charge in [-0.05, 0) is 26.1 Å². The van der Waals surface area contributed by atoms with Crippen LogP contribution in [0.1, 0.15) is 36.6 Å². The van der Waals surface area contributed by atoms with Gasteiger partial charge in [0.05, 0.1) is 22.8 Å². The quantitative estimate of drug-likeness (QED) is 0.722. The normalized spacial score (nSPS) is 13.1. The highest BCUT2D eigenvalue weighted by atomic mass is 32.1. The van der Waals surface area contributed by atoms with Crippen LogP contribution in [-0.4, -0.2) is 27.1 Å². The molecule has 6 heteroatoms. The number of hydrogen-bond acceptors (Lipinski definition) is 6. The van der Waals surface area contributed by atoms with Gasteiger partial charge in [0.25, 0.3) is 0 Å². The Kier molecular flexibility index (Phi) is 3.98. The van der Waals surface area contributed by atoms with Crippen LogP contribution in [0.5, 0.6) is 0 Å². The zero-order valence-corrected chi connectivity index (χ0v) is 13.2. The summed E-state index contributed by atoms with van der Waals surface area (Å²) in [6.45, 7) is 4.86. The van der Waals surface area contributed by atoms with Gasteiger partial charge in [-0.2, -0.15) is 4.98 Å². The molecule has 1 unspecified atom stereocenters. The molecule has 0 amide bonds. The minimum absolute atomic E-state index is 0.0739. The van der Waals surface area contributed by atoms with E-state index in [1.807, 2.05) is 32.2 Å². The Labute approximate surface area is 127 Å². The van der Waals surface area contributed by atoms with E-state index in [0.717, 1.165) is 29.3 Å². The summed E-state index contributed by atoms with van der Waals surface area (Å²) < 4.78 is 6.54. The Balaban J connectivity index is 1.74. The number of thiazole rings is 1. The van der Waals surface area contributed by atoms with Gasteiger partial charge in [-0.3, -0.25) is 4.90 Å². The standard InChI is InChI=1S/C15H18N4OS/c1-4-13-17-15(20-18-13)10(2)19(3)9-14-16-11-7-5-6-8-12(11)21-14/h5-8,10H,4,9H2,1-3H3. The van der Waals surface area contributed by atoms with Gasteiger partial charge >= 0.3 is 0 Å². The molecule has 2 heterocycles. The second kappa shape index (κ2) is 5.91. The Hall–Kier alpha value is -1.79. The van der Waals surface area contributed by atoms with Crippen LogP contribution in [0.25, 0.3) is 10.2 Å². The number of nitrogens with zero attached hydrogens (tertiary/aromatic N) is 4. The second-order valence-corrected chi connectivity index (χ2v) is 6.18. The van der Waals surface area contributed by atoms with Crippen LogP contribution < -0.4 is 0 Å². The third-order valence-electron chi connectivity index (χ3n) is 3.54. The van der Waals surface area contributed by atoms with Gasteiger partial charge in [-0.1, -0.05) is 24.2 Å². The van der Waals surface area contributed by atoms with Crippen molar-refractivity contribution in [1.29, 1.82) is 0 Å². The predicted octanol–water partition coefficient (Wildman–Crippen LogP) is 3.43. The van der Waals surface area contributed by atoms with Crippen LogP contribution in [0, 0.1) is 0 Å². The fourth-order valence-electron chi connectivity index (χ4n) is 2.11. The number of benzene rings is 1. The van der Waals surface area contributed by atoms with Crippen LogP contribution in [0.15, 0.2) is 28.8 Å². The van der Waals surface area contributed by atoms with E-state index in [1.165, 1.54) is 4.70 Å². The molecule has 3 rings (SSSR count). The number of para-hydroxylation sites is 1. The summed E-state index contributed by atoms with van der Waals surface area (Å²) >= 11 is 1.73. The van der Waals surface area contributed by atoms with E-state index in [-0.39, 0.29) is 6.04 Å².